The topological polar surface area (TPSA) is 12.0 Å². The molecular weight excluding hydrogens is 129 g/mol. The first-order chi connectivity index (χ1) is 4.31. The largest absolute Gasteiger partial charge is 0.317 e. The lowest BCUT2D eigenvalue weighted by molar-refractivity contribution is 0.0504. The molecule has 0 saturated carbocycles. The van der Waals surface area contributed by atoms with Gasteiger partial charge in [-0.2, -0.15) is 0 Å². The van der Waals surface area contributed by atoms with Crippen molar-refractivity contribution in [3.63, 3.8) is 0 Å². The van der Waals surface area contributed by atoms with Crippen LogP contribution in [0.15, 0.2) is 0 Å². The van der Waals surface area contributed by atoms with Gasteiger partial charge in [-0.05, 0) is 19.4 Å². The molecule has 0 amide bonds. The summed E-state index contributed by atoms with van der Waals surface area (Å²) in [6.45, 7) is 7.76. The van der Waals surface area contributed by atoms with Gasteiger partial charge < -0.3 is 5.32 Å². The molecule has 0 aliphatic heterocycles. The van der Waals surface area contributed by atoms with Gasteiger partial charge in [-0.25, -0.2) is 4.39 Å². The van der Waals surface area contributed by atoms with Gasteiger partial charge in [0.2, 0.25) is 0 Å². The standard InChI is InChI=1S/C8H18FN/c1-7(2,3)8(4,9)6-10-5/h10H,6H2,1-5H3. The first kappa shape index (κ1) is 9.89. The predicted molar refractivity (Wildman–Crippen MR) is 42.9 cm³/mol. The molecule has 1 N–H and O–H groups in total. The molecule has 0 aromatic rings. The molecule has 0 aromatic heterocycles. The van der Waals surface area contributed by atoms with E-state index in [1.165, 1.54) is 0 Å². The molecule has 0 fully saturated rings. The average molecular weight is 147 g/mol. The fourth-order valence-electron chi connectivity index (χ4n) is 0.597. The summed E-state index contributed by atoms with van der Waals surface area (Å²) in [4.78, 5) is 0. The third-order valence-electron chi connectivity index (χ3n) is 2.07. The fourth-order valence-corrected chi connectivity index (χ4v) is 0.597. The molecule has 0 bridgehead atoms. The van der Waals surface area contributed by atoms with Crippen LogP contribution in [0.5, 0.6) is 0 Å². The van der Waals surface area contributed by atoms with E-state index in [9.17, 15) is 4.39 Å². The van der Waals surface area contributed by atoms with Crippen LogP contribution in [0.25, 0.3) is 0 Å². The molecule has 0 radical (unpaired) electrons. The Morgan fingerprint density at radius 3 is 1.70 bits per heavy atom. The Morgan fingerprint density at radius 2 is 1.60 bits per heavy atom. The Hall–Kier alpha value is -0.110. The lowest BCUT2D eigenvalue weighted by atomic mass is 9.79. The Bertz CT molecular complexity index is 102. The summed E-state index contributed by atoms with van der Waals surface area (Å²) < 4.78 is 13.5. The number of halogens is 1. The van der Waals surface area contributed by atoms with E-state index in [4.69, 9.17) is 0 Å². The Morgan fingerprint density at radius 1 is 1.20 bits per heavy atom. The van der Waals surface area contributed by atoms with Gasteiger partial charge in [-0.15, -0.1) is 0 Å². The van der Waals surface area contributed by atoms with Gasteiger partial charge >= 0.3 is 0 Å². The minimum atomic E-state index is -1.12. The van der Waals surface area contributed by atoms with E-state index in [1.54, 1.807) is 14.0 Å². The van der Waals surface area contributed by atoms with E-state index in [0.717, 1.165) is 0 Å². The monoisotopic (exact) mass is 147 g/mol. The molecule has 10 heavy (non-hydrogen) atoms. The van der Waals surface area contributed by atoms with E-state index >= 15 is 0 Å². The van der Waals surface area contributed by atoms with E-state index < -0.39 is 5.67 Å². The van der Waals surface area contributed by atoms with Crippen molar-refractivity contribution in [1.29, 1.82) is 0 Å². The van der Waals surface area contributed by atoms with E-state index in [0.29, 0.717) is 6.54 Å². The van der Waals surface area contributed by atoms with Crippen LogP contribution >= 0.6 is 0 Å². The fraction of sp³-hybridized carbons (Fsp3) is 1.00. The molecule has 2 heteroatoms. The SMILES string of the molecule is CNCC(C)(F)C(C)(C)C. The van der Waals surface area contributed by atoms with Gasteiger partial charge in [0, 0.05) is 6.54 Å². The lowest BCUT2D eigenvalue weighted by Crippen LogP contribution is -2.43. The summed E-state index contributed by atoms with van der Waals surface area (Å²) in [6.07, 6.45) is 0. The van der Waals surface area contributed by atoms with Crippen molar-refractivity contribution < 1.29 is 4.39 Å². The molecule has 0 aliphatic rings. The molecule has 0 saturated heterocycles. The highest BCUT2D eigenvalue weighted by atomic mass is 19.1. The quantitative estimate of drug-likeness (QED) is 0.629. The van der Waals surface area contributed by atoms with Crippen LogP contribution < -0.4 is 5.32 Å². The van der Waals surface area contributed by atoms with Crippen molar-refractivity contribution in [1.82, 2.24) is 5.32 Å². The first-order valence-electron chi connectivity index (χ1n) is 3.65. The molecule has 0 heterocycles. The van der Waals surface area contributed by atoms with Crippen molar-refractivity contribution >= 4 is 0 Å². The van der Waals surface area contributed by atoms with Crippen molar-refractivity contribution in [3.8, 4) is 0 Å². The zero-order chi connectivity index (χ0) is 8.41. The number of hydrogen-bond acceptors (Lipinski definition) is 1. The van der Waals surface area contributed by atoms with Crippen molar-refractivity contribution in [2.75, 3.05) is 13.6 Å². The summed E-state index contributed by atoms with van der Waals surface area (Å²) in [5.41, 5.74) is -1.41. The van der Waals surface area contributed by atoms with Crippen molar-refractivity contribution in [3.05, 3.63) is 0 Å². The van der Waals surface area contributed by atoms with Crippen LogP contribution in [-0.2, 0) is 0 Å². The highest BCUT2D eigenvalue weighted by Crippen LogP contribution is 2.32. The van der Waals surface area contributed by atoms with Crippen LogP contribution in [0.3, 0.4) is 0 Å². The second-order valence-electron chi connectivity index (χ2n) is 3.98. The Balaban J connectivity index is 4.10. The van der Waals surface area contributed by atoms with E-state index in [-0.39, 0.29) is 5.41 Å². The van der Waals surface area contributed by atoms with Gasteiger partial charge in [-0.3, -0.25) is 0 Å². The van der Waals surface area contributed by atoms with Crippen LogP contribution in [-0.4, -0.2) is 19.3 Å². The summed E-state index contributed by atoms with van der Waals surface area (Å²) in [6, 6.07) is 0. The highest BCUT2D eigenvalue weighted by molar-refractivity contribution is 4.88. The lowest BCUT2D eigenvalue weighted by Gasteiger charge is -2.34. The summed E-state index contributed by atoms with van der Waals surface area (Å²) in [5, 5.41) is 2.84. The van der Waals surface area contributed by atoms with Crippen LogP contribution in [0.4, 0.5) is 4.39 Å². The first-order valence-corrected chi connectivity index (χ1v) is 3.65. The third kappa shape index (κ3) is 2.25. The van der Waals surface area contributed by atoms with Crippen molar-refractivity contribution in [2.45, 2.75) is 33.4 Å². The number of rotatable bonds is 2. The summed E-state index contributed by atoms with van der Waals surface area (Å²) in [7, 11) is 1.77. The molecule has 0 aliphatic carbocycles. The second-order valence-corrected chi connectivity index (χ2v) is 3.98. The van der Waals surface area contributed by atoms with Crippen LogP contribution in [0.2, 0.25) is 0 Å². The predicted octanol–water partition coefficient (Wildman–Crippen LogP) is 1.98. The molecule has 1 unspecified atom stereocenters. The molecular formula is C8H18FN. The maximum absolute atomic E-state index is 13.5. The summed E-state index contributed by atoms with van der Waals surface area (Å²) >= 11 is 0. The van der Waals surface area contributed by atoms with Crippen LogP contribution in [0, 0.1) is 5.41 Å². The third-order valence-corrected chi connectivity index (χ3v) is 2.07. The summed E-state index contributed by atoms with van der Waals surface area (Å²) in [5.74, 6) is 0. The molecule has 0 spiro atoms. The van der Waals surface area contributed by atoms with Gasteiger partial charge in [0.15, 0.2) is 0 Å². The molecule has 62 valence electrons. The zero-order valence-corrected chi connectivity index (χ0v) is 7.59. The molecule has 1 atom stereocenters. The Kier molecular flexibility index (Phi) is 2.84. The highest BCUT2D eigenvalue weighted by Gasteiger charge is 2.36. The van der Waals surface area contributed by atoms with Crippen LogP contribution in [0.1, 0.15) is 27.7 Å². The molecule has 0 aromatic carbocycles. The van der Waals surface area contributed by atoms with Crippen molar-refractivity contribution in [2.24, 2.45) is 5.41 Å². The molecule has 1 nitrogen and oxygen atoms in total. The normalized spacial score (nSPS) is 18.6. The minimum absolute atomic E-state index is 0.282. The number of nitrogens with one attached hydrogen (secondary N) is 1. The maximum Gasteiger partial charge on any atom is 0.125 e. The average Bonchev–Trinajstić information content (AvgIpc) is 1.61. The molecule has 0 rings (SSSR count). The smallest absolute Gasteiger partial charge is 0.125 e. The van der Waals surface area contributed by atoms with Gasteiger partial charge in [0.05, 0.1) is 0 Å². The maximum atomic E-state index is 13.5. The van der Waals surface area contributed by atoms with Gasteiger partial charge in [0.1, 0.15) is 5.67 Å². The number of alkyl halides is 1. The second kappa shape index (κ2) is 2.87. The van der Waals surface area contributed by atoms with E-state index in [1.807, 2.05) is 20.8 Å². The minimum Gasteiger partial charge on any atom is -0.317 e. The number of hydrogen-bond donors (Lipinski definition) is 1. The van der Waals surface area contributed by atoms with Gasteiger partial charge in [-0.1, -0.05) is 20.8 Å². The van der Waals surface area contributed by atoms with Gasteiger partial charge in [0.25, 0.3) is 0 Å². The Labute approximate surface area is 63.0 Å². The van der Waals surface area contributed by atoms with E-state index in [2.05, 4.69) is 5.32 Å². The zero-order valence-electron chi connectivity index (χ0n) is 7.59.